The lowest BCUT2D eigenvalue weighted by atomic mass is 9.97. The standard InChI is InChI=1S/C27H21FN4/c1-3-5-22(20-6-4-7-21(28)14-20)23-16-26(30-17(23)2)27-24-15-19(8-9-25(24)31-32-27)18-10-12-29-13-11-18/h3-16,30H,1H2,2H3,(H,31,32)/b22-5-. The Morgan fingerprint density at radius 1 is 1.00 bits per heavy atom. The van der Waals surface area contributed by atoms with Gasteiger partial charge in [0.15, 0.2) is 0 Å². The maximum Gasteiger partial charge on any atom is 0.123 e. The molecule has 0 spiro atoms. The molecule has 2 N–H and O–H groups in total. The van der Waals surface area contributed by atoms with Crippen LogP contribution in [0.3, 0.4) is 0 Å². The molecule has 3 heterocycles. The molecule has 0 saturated heterocycles. The molecule has 5 rings (SSSR count). The van der Waals surface area contributed by atoms with E-state index in [0.29, 0.717) is 0 Å². The van der Waals surface area contributed by atoms with E-state index in [2.05, 4.69) is 44.9 Å². The topological polar surface area (TPSA) is 57.4 Å². The Hall–Kier alpha value is -4.25. The van der Waals surface area contributed by atoms with Crippen molar-refractivity contribution in [2.24, 2.45) is 0 Å². The van der Waals surface area contributed by atoms with Crippen LogP contribution in [0.15, 0.2) is 91.8 Å². The minimum Gasteiger partial charge on any atom is -0.357 e. The molecule has 5 aromatic rings. The van der Waals surface area contributed by atoms with E-state index in [-0.39, 0.29) is 5.82 Å². The highest BCUT2D eigenvalue weighted by molar-refractivity contribution is 5.96. The van der Waals surface area contributed by atoms with E-state index in [9.17, 15) is 4.39 Å². The predicted octanol–water partition coefficient (Wildman–Crippen LogP) is 6.69. The van der Waals surface area contributed by atoms with Gasteiger partial charge in [-0.2, -0.15) is 5.10 Å². The number of allylic oxidation sites excluding steroid dienone is 2. The van der Waals surface area contributed by atoms with Gasteiger partial charge in [0.2, 0.25) is 0 Å². The van der Waals surface area contributed by atoms with E-state index in [4.69, 9.17) is 0 Å². The maximum absolute atomic E-state index is 13.9. The lowest BCUT2D eigenvalue weighted by Gasteiger charge is -2.07. The molecule has 2 aromatic carbocycles. The number of rotatable bonds is 5. The molecular formula is C27H21FN4. The van der Waals surface area contributed by atoms with Crippen LogP contribution < -0.4 is 0 Å². The van der Waals surface area contributed by atoms with Crippen LogP contribution in [-0.2, 0) is 0 Å². The monoisotopic (exact) mass is 420 g/mol. The van der Waals surface area contributed by atoms with E-state index in [1.165, 1.54) is 12.1 Å². The normalized spacial score (nSPS) is 11.8. The minimum atomic E-state index is -0.271. The lowest BCUT2D eigenvalue weighted by Crippen LogP contribution is -1.89. The first-order chi connectivity index (χ1) is 15.6. The number of nitrogens with one attached hydrogen (secondary N) is 2. The Bertz CT molecular complexity index is 1460. The van der Waals surface area contributed by atoms with Gasteiger partial charge in [-0.15, -0.1) is 0 Å². The summed E-state index contributed by atoms with van der Waals surface area (Å²) >= 11 is 0. The molecule has 0 unspecified atom stereocenters. The maximum atomic E-state index is 13.9. The van der Waals surface area contributed by atoms with Gasteiger partial charge in [-0.25, -0.2) is 4.39 Å². The Morgan fingerprint density at radius 2 is 1.84 bits per heavy atom. The number of hydrogen-bond donors (Lipinski definition) is 2. The molecule has 4 nitrogen and oxygen atoms in total. The zero-order valence-electron chi connectivity index (χ0n) is 17.6. The first kappa shape index (κ1) is 19.7. The molecule has 0 bridgehead atoms. The van der Waals surface area contributed by atoms with E-state index in [1.54, 1.807) is 24.5 Å². The summed E-state index contributed by atoms with van der Waals surface area (Å²) in [5.74, 6) is -0.271. The zero-order chi connectivity index (χ0) is 22.1. The van der Waals surface area contributed by atoms with Gasteiger partial charge >= 0.3 is 0 Å². The fourth-order valence-electron chi connectivity index (χ4n) is 4.02. The number of aryl methyl sites for hydroxylation is 1. The van der Waals surface area contributed by atoms with Gasteiger partial charge in [0.05, 0.1) is 11.2 Å². The third-order valence-corrected chi connectivity index (χ3v) is 5.56. The second-order valence-corrected chi connectivity index (χ2v) is 7.62. The smallest absolute Gasteiger partial charge is 0.123 e. The van der Waals surface area contributed by atoms with E-state index in [1.807, 2.05) is 37.3 Å². The first-order valence-electron chi connectivity index (χ1n) is 10.3. The van der Waals surface area contributed by atoms with Gasteiger partial charge in [-0.1, -0.05) is 36.9 Å². The third kappa shape index (κ3) is 3.54. The lowest BCUT2D eigenvalue weighted by molar-refractivity contribution is 0.627. The molecule has 0 saturated carbocycles. The van der Waals surface area contributed by atoms with Crippen LogP contribution in [0.1, 0.15) is 16.8 Å². The average molecular weight is 420 g/mol. The van der Waals surface area contributed by atoms with Crippen molar-refractivity contribution in [1.82, 2.24) is 20.2 Å². The highest BCUT2D eigenvalue weighted by atomic mass is 19.1. The molecule has 0 aliphatic heterocycles. The molecule has 32 heavy (non-hydrogen) atoms. The molecular weight excluding hydrogens is 399 g/mol. The van der Waals surface area contributed by atoms with Crippen LogP contribution in [0.4, 0.5) is 4.39 Å². The highest BCUT2D eigenvalue weighted by Crippen LogP contribution is 2.34. The summed E-state index contributed by atoms with van der Waals surface area (Å²) in [6.45, 7) is 5.84. The fraction of sp³-hybridized carbons (Fsp3) is 0.0370. The molecule has 5 heteroatoms. The molecule has 3 aromatic heterocycles. The van der Waals surface area contributed by atoms with E-state index < -0.39 is 0 Å². The van der Waals surface area contributed by atoms with Gasteiger partial charge in [0.1, 0.15) is 11.5 Å². The number of hydrogen-bond acceptors (Lipinski definition) is 2. The molecule has 0 aliphatic carbocycles. The quantitative estimate of drug-likeness (QED) is 0.311. The number of nitrogens with zero attached hydrogens (tertiary/aromatic N) is 2. The van der Waals surface area contributed by atoms with Crippen molar-refractivity contribution in [2.45, 2.75) is 6.92 Å². The van der Waals surface area contributed by atoms with Crippen molar-refractivity contribution in [3.8, 4) is 22.5 Å². The summed E-state index contributed by atoms with van der Waals surface area (Å²) < 4.78 is 13.9. The Morgan fingerprint density at radius 3 is 2.62 bits per heavy atom. The fourth-order valence-corrected chi connectivity index (χ4v) is 4.02. The van der Waals surface area contributed by atoms with Crippen molar-refractivity contribution in [2.75, 3.05) is 0 Å². The SMILES string of the molecule is C=C/C=C(/c1cccc(F)c1)c1cc(-c2n[nH]c3ccc(-c4ccncc4)cc23)[nH]c1C. The van der Waals surface area contributed by atoms with Gasteiger partial charge < -0.3 is 4.98 Å². The summed E-state index contributed by atoms with van der Waals surface area (Å²) in [6, 6.07) is 18.9. The minimum absolute atomic E-state index is 0.271. The summed E-state index contributed by atoms with van der Waals surface area (Å²) in [4.78, 5) is 7.56. The number of aromatic amines is 2. The number of benzene rings is 2. The number of H-pyrrole nitrogens is 2. The first-order valence-corrected chi connectivity index (χ1v) is 10.3. The summed E-state index contributed by atoms with van der Waals surface area (Å²) in [5.41, 5.74) is 8.52. The number of halogens is 1. The average Bonchev–Trinajstić information content (AvgIpc) is 3.41. The van der Waals surface area contributed by atoms with Crippen LogP contribution in [0.2, 0.25) is 0 Å². The highest BCUT2D eigenvalue weighted by Gasteiger charge is 2.16. The van der Waals surface area contributed by atoms with Crippen LogP contribution in [-0.4, -0.2) is 20.2 Å². The van der Waals surface area contributed by atoms with Crippen LogP contribution >= 0.6 is 0 Å². The number of fused-ring (bicyclic) bond motifs is 1. The predicted molar refractivity (Wildman–Crippen MR) is 128 cm³/mol. The van der Waals surface area contributed by atoms with Crippen LogP contribution in [0.25, 0.3) is 39.0 Å². The van der Waals surface area contributed by atoms with E-state index in [0.717, 1.165) is 55.8 Å². The molecule has 0 aliphatic rings. The number of pyridine rings is 1. The van der Waals surface area contributed by atoms with Gasteiger partial charge in [-0.3, -0.25) is 10.1 Å². The van der Waals surface area contributed by atoms with Crippen molar-refractivity contribution >= 4 is 16.5 Å². The van der Waals surface area contributed by atoms with Crippen molar-refractivity contribution < 1.29 is 4.39 Å². The Balaban J connectivity index is 1.62. The molecule has 0 atom stereocenters. The summed E-state index contributed by atoms with van der Waals surface area (Å²) in [6.07, 6.45) is 7.20. The van der Waals surface area contributed by atoms with Gasteiger partial charge in [0.25, 0.3) is 0 Å². The molecule has 156 valence electrons. The van der Waals surface area contributed by atoms with Gasteiger partial charge in [-0.05, 0) is 71.7 Å². The molecule has 0 fully saturated rings. The Kier molecular flexibility index (Phi) is 5.00. The van der Waals surface area contributed by atoms with Crippen LogP contribution in [0.5, 0.6) is 0 Å². The third-order valence-electron chi connectivity index (χ3n) is 5.56. The molecule has 0 radical (unpaired) electrons. The molecule has 0 amide bonds. The second kappa shape index (κ2) is 8.12. The van der Waals surface area contributed by atoms with E-state index >= 15 is 0 Å². The number of aromatic nitrogens is 4. The van der Waals surface area contributed by atoms with Crippen molar-refractivity contribution in [1.29, 1.82) is 0 Å². The summed E-state index contributed by atoms with van der Waals surface area (Å²) in [7, 11) is 0. The second-order valence-electron chi connectivity index (χ2n) is 7.62. The Labute approximate surface area is 185 Å². The largest absolute Gasteiger partial charge is 0.357 e. The summed E-state index contributed by atoms with van der Waals surface area (Å²) in [5, 5.41) is 8.72. The van der Waals surface area contributed by atoms with Crippen LogP contribution in [0, 0.1) is 12.7 Å². The van der Waals surface area contributed by atoms with Crippen molar-refractivity contribution in [3.63, 3.8) is 0 Å². The zero-order valence-corrected chi connectivity index (χ0v) is 17.6. The van der Waals surface area contributed by atoms with Gasteiger partial charge in [0, 0.05) is 29.0 Å². The van der Waals surface area contributed by atoms with Crippen molar-refractivity contribution in [3.05, 3.63) is 114 Å².